The van der Waals surface area contributed by atoms with Crippen LogP contribution in [0.15, 0.2) is 23.3 Å². The van der Waals surface area contributed by atoms with Crippen molar-refractivity contribution >= 4 is 0 Å². The van der Waals surface area contributed by atoms with Gasteiger partial charge < -0.3 is 14.3 Å². The number of hydrogen-bond donors (Lipinski definition) is 1. The summed E-state index contributed by atoms with van der Waals surface area (Å²) in [5.74, 6) is 0.744. The van der Waals surface area contributed by atoms with Gasteiger partial charge in [-0.15, -0.1) is 0 Å². The molecule has 0 aliphatic heterocycles. The molecule has 0 saturated heterocycles. The Morgan fingerprint density at radius 2 is 2.25 bits per heavy atom. The van der Waals surface area contributed by atoms with Gasteiger partial charge in [-0.25, -0.2) is 9.97 Å². The number of nitrogens with zero attached hydrogens (tertiary/aromatic N) is 3. The first-order valence-corrected chi connectivity index (χ1v) is 5.31. The predicted octanol–water partition coefficient (Wildman–Crippen LogP) is 1.57. The van der Waals surface area contributed by atoms with Crippen molar-refractivity contribution in [3.8, 4) is 11.5 Å². The summed E-state index contributed by atoms with van der Waals surface area (Å²) in [5, 5.41) is 3.31. The molecule has 0 atom stereocenters. The van der Waals surface area contributed by atoms with Gasteiger partial charge in [0.25, 0.3) is 0 Å². The Morgan fingerprint density at radius 3 is 2.88 bits per heavy atom. The van der Waals surface area contributed by atoms with E-state index < -0.39 is 0 Å². The van der Waals surface area contributed by atoms with Crippen LogP contribution in [0.2, 0.25) is 0 Å². The van der Waals surface area contributed by atoms with Crippen molar-refractivity contribution in [3.63, 3.8) is 0 Å². The molecule has 2 heterocycles. The van der Waals surface area contributed by atoms with Gasteiger partial charge in [0.2, 0.25) is 0 Å². The van der Waals surface area contributed by atoms with Crippen LogP contribution >= 0.6 is 0 Å². The first-order valence-electron chi connectivity index (χ1n) is 5.31. The smallest absolute Gasteiger partial charge is 0.181 e. The molecule has 1 N–H and O–H groups in total. The second-order valence-corrected chi connectivity index (χ2v) is 4.09. The van der Waals surface area contributed by atoms with Gasteiger partial charge in [-0.2, -0.15) is 0 Å². The van der Waals surface area contributed by atoms with Gasteiger partial charge in [-0.3, -0.25) is 0 Å². The molecule has 2 aromatic rings. The Morgan fingerprint density at radius 1 is 1.44 bits per heavy atom. The molecular formula is C11H16N4O. The molecule has 0 aliphatic carbocycles. The number of nitrogens with one attached hydrogen (secondary N) is 1. The van der Waals surface area contributed by atoms with Gasteiger partial charge >= 0.3 is 0 Å². The third-order valence-corrected chi connectivity index (χ3v) is 2.26. The molecule has 5 nitrogen and oxygen atoms in total. The quantitative estimate of drug-likeness (QED) is 0.849. The number of imidazole rings is 1. The molecule has 0 saturated carbocycles. The number of hydrogen-bond acceptors (Lipinski definition) is 4. The van der Waals surface area contributed by atoms with Crippen LogP contribution in [0.25, 0.3) is 11.5 Å². The number of rotatable bonds is 4. The van der Waals surface area contributed by atoms with Crippen molar-refractivity contribution in [2.45, 2.75) is 26.4 Å². The Balaban J connectivity index is 2.19. The van der Waals surface area contributed by atoms with Crippen molar-refractivity contribution in [2.24, 2.45) is 7.05 Å². The molecular weight excluding hydrogens is 204 g/mol. The lowest BCUT2D eigenvalue weighted by atomic mass is 10.2. The summed E-state index contributed by atoms with van der Waals surface area (Å²) in [7, 11) is 1.93. The third kappa shape index (κ3) is 2.30. The second kappa shape index (κ2) is 4.49. The van der Waals surface area contributed by atoms with E-state index in [9.17, 15) is 0 Å². The van der Waals surface area contributed by atoms with Crippen molar-refractivity contribution in [1.29, 1.82) is 0 Å². The maximum Gasteiger partial charge on any atom is 0.181 e. The molecule has 2 rings (SSSR count). The number of oxazole rings is 1. The third-order valence-electron chi connectivity index (χ3n) is 2.26. The van der Waals surface area contributed by atoms with Crippen LogP contribution in [-0.4, -0.2) is 20.6 Å². The summed E-state index contributed by atoms with van der Waals surface area (Å²) < 4.78 is 7.26. The summed E-state index contributed by atoms with van der Waals surface area (Å²) in [6.45, 7) is 4.89. The molecule has 0 bridgehead atoms. The standard InChI is InChI=1S/C11H16N4O/c1-8(2)12-4-9-11(16-7-14-9)10-5-15(3)6-13-10/h5-8,12H,4H2,1-3H3. The van der Waals surface area contributed by atoms with E-state index in [1.807, 2.05) is 17.8 Å². The molecule has 0 unspecified atom stereocenters. The largest absolute Gasteiger partial charge is 0.441 e. The Hall–Kier alpha value is -1.62. The average Bonchev–Trinajstić information content (AvgIpc) is 2.82. The van der Waals surface area contributed by atoms with E-state index in [1.54, 1.807) is 6.33 Å². The highest BCUT2D eigenvalue weighted by atomic mass is 16.3. The minimum atomic E-state index is 0.424. The summed E-state index contributed by atoms with van der Waals surface area (Å²) in [6.07, 6.45) is 5.12. The van der Waals surface area contributed by atoms with Crippen LogP contribution in [-0.2, 0) is 13.6 Å². The number of aryl methyl sites for hydroxylation is 1. The summed E-state index contributed by atoms with van der Waals surface area (Å²) in [4.78, 5) is 8.44. The fourth-order valence-electron chi connectivity index (χ4n) is 1.43. The monoisotopic (exact) mass is 220 g/mol. The van der Waals surface area contributed by atoms with E-state index in [1.165, 1.54) is 6.39 Å². The molecule has 0 amide bonds. The molecule has 0 aliphatic rings. The minimum absolute atomic E-state index is 0.424. The molecule has 2 aromatic heterocycles. The van der Waals surface area contributed by atoms with Crippen LogP contribution in [0.3, 0.4) is 0 Å². The topological polar surface area (TPSA) is 55.9 Å². The lowest BCUT2D eigenvalue weighted by Gasteiger charge is -2.05. The second-order valence-electron chi connectivity index (χ2n) is 4.09. The zero-order valence-corrected chi connectivity index (χ0v) is 9.77. The Labute approximate surface area is 94.5 Å². The zero-order chi connectivity index (χ0) is 11.5. The maximum atomic E-state index is 5.37. The van der Waals surface area contributed by atoms with E-state index >= 15 is 0 Å². The molecule has 5 heteroatoms. The highest BCUT2D eigenvalue weighted by Gasteiger charge is 2.12. The van der Waals surface area contributed by atoms with E-state index in [2.05, 4.69) is 29.1 Å². The first-order chi connectivity index (χ1) is 7.66. The molecule has 16 heavy (non-hydrogen) atoms. The van der Waals surface area contributed by atoms with Gasteiger partial charge in [-0.05, 0) is 0 Å². The molecule has 0 radical (unpaired) electrons. The zero-order valence-electron chi connectivity index (χ0n) is 9.77. The highest BCUT2D eigenvalue weighted by molar-refractivity contribution is 5.53. The van der Waals surface area contributed by atoms with Gasteiger partial charge in [0.05, 0.1) is 6.33 Å². The average molecular weight is 220 g/mol. The van der Waals surface area contributed by atoms with Crippen LogP contribution in [0.4, 0.5) is 0 Å². The summed E-state index contributed by atoms with van der Waals surface area (Å²) in [6, 6.07) is 0.424. The van der Waals surface area contributed by atoms with E-state index in [4.69, 9.17) is 4.42 Å². The van der Waals surface area contributed by atoms with Crippen molar-refractivity contribution < 1.29 is 4.42 Å². The molecule has 86 valence electrons. The SMILES string of the molecule is CC(C)NCc1ncoc1-c1cn(C)cn1. The first kappa shape index (κ1) is 10.9. The predicted molar refractivity (Wildman–Crippen MR) is 60.7 cm³/mol. The van der Waals surface area contributed by atoms with Crippen molar-refractivity contribution in [1.82, 2.24) is 19.9 Å². The van der Waals surface area contributed by atoms with Crippen LogP contribution in [0, 0.1) is 0 Å². The van der Waals surface area contributed by atoms with Crippen LogP contribution in [0.5, 0.6) is 0 Å². The fourth-order valence-corrected chi connectivity index (χ4v) is 1.43. The fraction of sp³-hybridized carbons (Fsp3) is 0.455. The lowest BCUT2D eigenvalue weighted by molar-refractivity contribution is 0.561. The van der Waals surface area contributed by atoms with Crippen molar-refractivity contribution in [3.05, 3.63) is 24.6 Å². The maximum absolute atomic E-state index is 5.37. The summed E-state index contributed by atoms with van der Waals surface area (Å²) >= 11 is 0. The van der Waals surface area contributed by atoms with Crippen molar-refractivity contribution in [2.75, 3.05) is 0 Å². The van der Waals surface area contributed by atoms with E-state index in [-0.39, 0.29) is 0 Å². The molecule has 0 spiro atoms. The van der Waals surface area contributed by atoms with Crippen LogP contribution < -0.4 is 5.32 Å². The normalized spacial score (nSPS) is 11.2. The Bertz CT molecular complexity index is 458. The van der Waals surface area contributed by atoms with Gasteiger partial charge in [0.15, 0.2) is 12.2 Å². The lowest BCUT2D eigenvalue weighted by Crippen LogP contribution is -2.22. The summed E-state index contributed by atoms with van der Waals surface area (Å²) in [5.41, 5.74) is 1.72. The Kier molecular flexibility index (Phi) is 3.05. The van der Waals surface area contributed by atoms with Crippen LogP contribution in [0.1, 0.15) is 19.5 Å². The molecule has 0 aromatic carbocycles. The minimum Gasteiger partial charge on any atom is -0.441 e. The van der Waals surface area contributed by atoms with Gasteiger partial charge in [0.1, 0.15) is 11.4 Å². The number of aromatic nitrogens is 3. The van der Waals surface area contributed by atoms with Gasteiger partial charge in [0, 0.05) is 25.8 Å². The van der Waals surface area contributed by atoms with Gasteiger partial charge in [-0.1, -0.05) is 13.8 Å². The highest BCUT2D eigenvalue weighted by Crippen LogP contribution is 2.20. The van der Waals surface area contributed by atoms with E-state index in [0.29, 0.717) is 12.6 Å². The molecule has 0 fully saturated rings. The van der Waals surface area contributed by atoms with E-state index in [0.717, 1.165) is 17.1 Å².